The van der Waals surface area contributed by atoms with Gasteiger partial charge in [0.2, 0.25) is 0 Å². The fourth-order valence-electron chi connectivity index (χ4n) is 3.40. The highest BCUT2D eigenvalue weighted by atomic mass is 19.1. The Kier molecular flexibility index (Phi) is 5.15. The number of nitrogens with zero attached hydrogens (tertiary/aromatic N) is 7. The molecule has 33 heavy (non-hydrogen) atoms. The number of hydrogen-bond donors (Lipinski definition) is 2. The Morgan fingerprint density at radius 2 is 1.70 bits per heavy atom. The predicted octanol–water partition coefficient (Wildman–Crippen LogP) is 4.66. The first kappa shape index (κ1) is 20.2. The van der Waals surface area contributed by atoms with E-state index >= 15 is 0 Å². The van der Waals surface area contributed by atoms with Crippen LogP contribution in [0.3, 0.4) is 0 Å². The van der Waals surface area contributed by atoms with E-state index in [2.05, 4.69) is 30.3 Å². The van der Waals surface area contributed by atoms with E-state index in [0.717, 1.165) is 5.56 Å². The number of nitrogen functional groups attached to an aromatic ring is 2. The molecule has 0 radical (unpaired) electrons. The van der Waals surface area contributed by atoms with Crippen molar-refractivity contribution < 1.29 is 4.39 Å². The van der Waals surface area contributed by atoms with Gasteiger partial charge in [0.15, 0.2) is 23.1 Å². The van der Waals surface area contributed by atoms with Crippen LogP contribution in [0, 0.1) is 5.82 Å². The van der Waals surface area contributed by atoms with Crippen LogP contribution in [0.4, 0.5) is 27.4 Å². The molecule has 0 spiro atoms. The van der Waals surface area contributed by atoms with E-state index in [1.807, 2.05) is 30.3 Å². The number of anilines is 2. The second-order valence-corrected chi connectivity index (χ2v) is 7.23. The molecule has 0 aliphatic heterocycles. The maximum atomic E-state index is 14.0. The minimum Gasteiger partial charge on any atom is -0.382 e. The Bertz CT molecular complexity index is 1440. The quantitative estimate of drug-likeness (QED) is 0.383. The molecule has 4 N–H and O–H groups in total. The van der Waals surface area contributed by atoms with E-state index < -0.39 is 0 Å². The molecule has 0 amide bonds. The van der Waals surface area contributed by atoms with Crippen LogP contribution in [0.5, 0.6) is 0 Å². The van der Waals surface area contributed by atoms with Gasteiger partial charge >= 0.3 is 0 Å². The SMILES string of the molecule is Nc1nc(-c2nn(Cc3cccnc3)c3cc(F)ccc23)nc(N)c1N=Nc1ccccc1. The number of azo groups is 1. The summed E-state index contributed by atoms with van der Waals surface area (Å²) in [6.07, 6.45) is 3.41. The molecule has 0 aliphatic rings. The van der Waals surface area contributed by atoms with Crippen molar-refractivity contribution in [3.05, 3.63) is 84.4 Å². The van der Waals surface area contributed by atoms with Gasteiger partial charge in [-0.25, -0.2) is 14.4 Å². The number of benzene rings is 2. The van der Waals surface area contributed by atoms with Crippen LogP contribution < -0.4 is 11.5 Å². The third-order valence-corrected chi connectivity index (χ3v) is 4.94. The fourth-order valence-corrected chi connectivity index (χ4v) is 3.40. The highest BCUT2D eigenvalue weighted by Crippen LogP contribution is 2.33. The summed E-state index contributed by atoms with van der Waals surface area (Å²) >= 11 is 0. The molecule has 5 aromatic rings. The zero-order chi connectivity index (χ0) is 22.8. The minimum atomic E-state index is -0.377. The molecule has 0 saturated heterocycles. The summed E-state index contributed by atoms with van der Waals surface area (Å²) in [5.41, 5.74) is 15.0. The lowest BCUT2D eigenvalue weighted by Crippen LogP contribution is -2.04. The molecule has 5 rings (SSSR count). The Morgan fingerprint density at radius 1 is 0.909 bits per heavy atom. The number of rotatable bonds is 5. The maximum Gasteiger partial charge on any atom is 0.184 e. The average Bonchev–Trinajstić information content (AvgIpc) is 3.17. The molecule has 0 saturated carbocycles. The summed E-state index contributed by atoms with van der Waals surface area (Å²) in [6.45, 7) is 0.391. The van der Waals surface area contributed by atoms with Gasteiger partial charge in [-0.2, -0.15) is 10.2 Å². The Morgan fingerprint density at radius 3 is 2.42 bits per heavy atom. The van der Waals surface area contributed by atoms with Gasteiger partial charge in [-0.05, 0) is 42.0 Å². The van der Waals surface area contributed by atoms with Crippen LogP contribution in [-0.4, -0.2) is 24.7 Å². The fraction of sp³-hybridized carbons (Fsp3) is 0.0435. The lowest BCUT2D eigenvalue weighted by Gasteiger charge is -2.05. The third kappa shape index (κ3) is 4.09. The monoisotopic (exact) mass is 439 g/mol. The smallest absolute Gasteiger partial charge is 0.184 e. The largest absolute Gasteiger partial charge is 0.382 e. The first-order chi connectivity index (χ1) is 16.1. The van der Waals surface area contributed by atoms with Crippen LogP contribution in [-0.2, 0) is 6.54 Å². The maximum absolute atomic E-state index is 14.0. The van der Waals surface area contributed by atoms with Crippen molar-refractivity contribution in [2.75, 3.05) is 11.5 Å². The summed E-state index contributed by atoms with van der Waals surface area (Å²) in [5.74, 6) is -0.0354. The molecule has 2 aromatic carbocycles. The molecule has 0 atom stereocenters. The number of nitrogens with two attached hydrogens (primary N) is 2. The Hall–Kier alpha value is -4.73. The summed E-state index contributed by atoms with van der Waals surface area (Å²) in [6, 6.07) is 17.3. The zero-order valence-corrected chi connectivity index (χ0v) is 17.3. The number of halogens is 1. The number of hydrogen-bond acceptors (Lipinski definition) is 8. The normalized spacial score (nSPS) is 11.4. The van der Waals surface area contributed by atoms with Gasteiger partial charge in [0.25, 0.3) is 0 Å². The van der Waals surface area contributed by atoms with Crippen molar-refractivity contribution in [2.24, 2.45) is 10.2 Å². The molecule has 0 bridgehead atoms. The van der Waals surface area contributed by atoms with E-state index in [9.17, 15) is 4.39 Å². The summed E-state index contributed by atoms with van der Waals surface area (Å²) in [7, 11) is 0. The molecule has 162 valence electrons. The van der Waals surface area contributed by atoms with Crippen molar-refractivity contribution in [1.29, 1.82) is 0 Å². The summed E-state index contributed by atoms with van der Waals surface area (Å²) in [4.78, 5) is 12.8. The molecule has 9 nitrogen and oxygen atoms in total. The van der Waals surface area contributed by atoms with Crippen molar-refractivity contribution >= 4 is 33.9 Å². The van der Waals surface area contributed by atoms with E-state index in [1.54, 1.807) is 35.3 Å². The minimum absolute atomic E-state index is 0.0641. The van der Waals surface area contributed by atoms with E-state index in [4.69, 9.17) is 11.5 Å². The molecule has 3 aromatic heterocycles. The van der Waals surface area contributed by atoms with Gasteiger partial charge in [-0.3, -0.25) is 9.67 Å². The van der Waals surface area contributed by atoms with Crippen LogP contribution in [0.15, 0.2) is 83.3 Å². The second kappa shape index (κ2) is 8.42. The highest BCUT2D eigenvalue weighted by molar-refractivity contribution is 5.92. The summed E-state index contributed by atoms with van der Waals surface area (Å²) < 4.78 is 15.7. The lowest BCUT2D eigenvalue weighted by molar-refractivity contribution is 0.626. The predicted molar refractivity (Wildman–Crippen MR) is 123 cm³/mol. The molecule has 10 heteroatoms. The van der Waals surface area contributed by atoms with Crippen LogP contribution in [0.2, 0.25) is 0 Å². The Balaban J connectivity index is 1.57. The average molecular weight is 439 g/mol. The van der Waals surface area contributed by atoms with E-state index in [1.165, 1.54) is 12.1 Å². The second-order valence-electron chi connectivity index (χ2n) is 7.23. The van der Waals surface area contributed by atoms with Gasteiger partial charge in [0.1, 0.15) is 11.5 Å². The van der Waals surface area contributed by atoms with Crippen molar-refractivity contribution in [3.63, 3.8) is 0 Å². The lowest BCUT2D eigenvalue weighted by atomic mass is 10.2. The molecular formula is C23H18FN9. The van der Waals surface area contributed by atoms with E-state index in [0.29, 0.717) is 28.8 Å². The standard InChI is InChI=1S/C23H18FN9/c24-15-8-9-17-18(11-15)33(13-14-5-4-10-27-12-14)32-19(17)23-28-21(25)20(22(26)29-23)31-30-16-6-2-1-3-7-16/h1-12H,13H2,(H4,25,26,28,29). The summed E-state index contributed by atoms with van der Waals surface area (Å²) in [5, 5.41) is 13.5. The van der Waals surface area contributed by atoms with Gasteiger partial charge in [0, 0.05) is 17.8 Å². The highest BCUT2D eigenvalue weighted by Gasteiger charge is 2.19. The topological polar surface area (TPSA) is 133 Å². The molecule has 0 unspecified atom stereocenters. The van der Waals surface area contributed by atoms with Crippen LogP contribution in [0.25, 0.3) is 22.4 Å². The Labute approximate surface area is 187 Å². The molecule has 0 aliphatic carbocycles. The number of pyridine rings is 1. The molecular weight excluding hydrogens is 421 g/mol. The molecule has 3 heterocycles. The number of fused-ring (bicyclic) bond motifs is 1. The van der Waals surface area contributed by atoms with Crippen molar-refractivity contribution in [2.45, 2.75) is 6.54 Å². The first-order valence-corrected chi connectivity index (χ1v) is 10.0. The number of aromatic nitrogens is 5. The van der Waals surface area contributed by atoms with Gasteiger partial charge in [0.05, 0.1) is 17.7 Å². The van der Waals surface area contributed by atoms with Gasteiger partial charge < -0.3 is 11.5 Å². The van der Waals surface area contributed by atoms with Crippen LogP contribution >= 0.6 is 0 Å². The first-order valence-electron chi connectivity index (χ1n) is 10.0. The van der Waals surface area contributed by atoms with Gasteiger partial charge in [-0.1, -0.05) is 24.3 Å². The van der Waals surface area contributed by atoms with E-state index in [-0.39, 0.29) is 29.0 Å². The molecule has 0 fully saturated rings. The van der Waals surface area contributed by atoms with Crippen molar-refractivity contribution in [3.8, 4) is 11.5 Å². The zero-order valence-electron chi connectivity index (χ0n) is 17.3. The van der Waals surface area contributed by atoms with Crippen LogP contribution in [0.1, 0.15) is 5.56 Å². The van der Waals surface area contributed by atoms with Crippen molar-refractivity contribution in [1.82, 2.24) is 24.7 Å². The third-order valence-electron chi connectivity index (χ3n) is 4.94. The van der Waals surface area contributed by atoms with Gasteiger partial charge in [-0.15, -0.1) is 5.11 Å².